The van der Waals surface area contributed by atoms with Gasteiger partial charge in [-0.3, -0.25) is 0 Å². The first kappa shape index (κ1) is 12.9. The highest BCUT2D eigenvalue weighted by molar-refractivity contribution is 9.10. The predicted molar refractivity (Wildman–Crippen MR) is 74.2 cm³/mol. The standard InChI is InChI=1S/C14H20BrNO/c1-17-13-8-7-11(15)9-12(13)14(16)10-5-3-2-4-6-10/h7-10,14H,2-6,16H2,1H3. The number of methoxy groups -OCH3 is 1. The molecule has 2 nitrogen and oxygen atoms in total. The van der Waals surface area contributed by atoms with Crippen LogP contribution < -0.4 is 10.5 Å². The summed E-state index contributed by atoms with van der Waals surface area (Å²) in [6, 6.07) is 6.18. The largest absolute Gasteiger partial charge is 0.496 e. The van der Waals surface area contributed by atoms with Crippen molar-refractivity contribution < 1.29 is 4.74 Å². The van der Waals surface area contributed by atoms with Crippen LogP contribution in [0.3, 0.4) is 0 Å². The van der Waals surface area contributed by atoms with Crippen LogP contribution in [0.15, 0.2) is 22.7 Å². The van der Waals surface area contributed by atoms with Crippen molar-refractivity contribution in [1.82, 2.24) is 0 Å². The number of hydrogen-bond acceptors (Lipinski definition) is 2. The minimum Gasteiger partial charge on any atom is -0.496 e. The Morgan fingerprint density at radius 3 is 2.65 bits per heavy atom. The van der Waals surface area contributed by atoms with E-state index in [0.717, 1.165) is 15.8 Å². The van der Waals surface area contributed by atoms with Crippen LogP contribution in [0.4, 0.5) is 0 Å². The van der Waals surface area contributed by atoms with Gasteiger partial charge in [0.05, 0.1) is 7.11 Å². The Kier molecular flexibility index (Phi) is 4.46. The van der Waals surface area contributed by atoms with Gasteiger partial charge in [0.25, 0.3) is 0 Å². The maximum Gasteiger partial charge on any atom is 0.123 e. The quantitative estimate of drug-likeness (QED) is 0.914. The highest BCUT2D eigenvalue weighted by Crippen LogP contribution is 2.37. The second-order valence-corrected chi connectivity index (χ2v) is 5.73. The molecule has 0 aliphatic heterocycles. The van der Waals surface area contributed by atoms with E-state index in [0.29, 0.717) is 5.92 Å². The Morgan fingerprint density at radius 1 is 1.29 bits per heavy atom. The fraction of sp³-hybridized carbons (Fsp3) is 0.571. The third kappa shape index (κ3) is 3.02. The summed E-state index contributed by atoms with van der Waals surface area (Å²) in [7, 11) is 1.71. The number of halogens is 1. The van der Waals surface area contributed by atoms with E-state index in [1.54, 1.807) is 7.11 Å². The van der Waals surface area contributed by atoms with E-state index < -0.39 is 0 Å². The summed E-state index contributed by atoms with van der Waals surface area (Å²) in [5.74, 6) is 1.51. The monoisotopic (exact) mass is 297 g/mol. The van der Waals surface area contributed by atoms with E-state index in [9.17, 15) is 0 Å². The minimum absolute atomic E-state index is 0.0998. The maximum atomic E-state index is 6.41. The van der Waals surface area contributed by atoms with Crippen molar-refractivity contribution in [3.8, 4) is 5.75 Å². The maximum absolute atomic E-state index is 6.41. The highest BCUT2D eigenvalue weighted by atomic mass is 79.9. The zero-order chi connectivity index (χ0) is 12.3. The first-order valence-corrected chi connectivity index (χ1v) is 7.10. The van der Waals surface area contributed by atoms with Crippen LogP contribution >= 0.6 is 15.9 Å². The van der Waals surface area contributed by atoms with E-state index in [2.05, 4.69) is 22.0 Å². The van der Waals surface area contributed by atoms with Crippen molar-refractivity contribution in [3.63, 3.8) is 0 Å². The second-order valence-electron chi connectivity index (χ2n) is 4.81. The zero-order valence-electron chi connectivity index (χ0n) is 10.3. The lowest BCUT2D eigenvalue weighted by atomic mass is 9.81. The number of hydrogen-bond donors (Lipinski definition) is 1. The summed E-state index contributed by atoms with van der Waals surface area (Å²) in [6.07, 6.45) is 6.48. The number of rotatable bonds is 3. The molecule has 1 saturated carbocycles. The lowest BCUT2D eigenvalue weighted by Gasteiger charge is -2.28. The molecular weight excluding hydrogens is 278 g/mol. The summed E-state index contributed by atoms with van der Waals surface area (Å²) < 4.78 is 6.48. The molecule has 1 unspecified atom stereocenters. The van der Waals surface area contributed by atoms with Crippen molar-refractivity contribution >= 4 is 15.9 Å². The third-order valence-corrected chi connectivity index (χ3v) is 4.20. The van der Waals surface area contributed by atoms with Gasteiger partial charge in [-0.15, -0.1) is 0 Å². The molecule has 0 radical (unpaired) electrons. The van der Waals surface area contributed by atoms with Gasteiger partial charge < -0.3 is 10.5 Å². The Labute approximate surface area is 112 Å². The molecule has 1 aromatic carbocycles. The molecule has 1 aliphatic carbocycles. The third-order valence-electron chi connectivity index (χ3n) is 3.71. The average Bonchev–Trinajstić information content (AvgIpc) is 2.39. The molecule has 0 saturated heterocycles. The lowest BCUT2D eigenvalue weighted by Crippen LogP contribution is -2.24. The average molecular weight is 298 g/mol. The summed E-state index contributed by atoms with van der Waals surface area (Å²) in [6.45, 7) is 0. The van der Waals surface area contributed by atoms with Crippen LogP contribution in [-0.4, -0.2) is 7.11 Å². The molecule has 0 spiro atoms. The molecule has 0 amide bonds. The van der Waals surface area contributed by atoms with Crippen molar-refractivity contribution in [2.45, 2.75) is 38.1 Å². The summed E-state index contributed by atoms with van der Waals surface area (Å²) >= 11 is 3.51. The van der Waals surface area contributed by atoms with Crippen molar-refractivity contribution in [2.75, 3.05) is 7.11 Å². The summed E-state index contributed by atoms with van der Waals surface area (Å²) in [5, 5.41) is 0. The molecule has 0 bridgehead atoms. The Bertz CT molecular complexity index is 374. The van der Waals surface area contributed by atoms with Gasteiger partial charge in [0.1, 0.15) is 5.75 Å². The van der Waals surface area contributed by atoms with Crippen LogP contribution in [0.2, 0.25) is 0 Å². The van der Waals surface area contributed by atoms with E-state index >= 15 is 0 Å². The second kappa shape index (κ2) is 5.87. The topological polar surface area (TPSA) is 35.2 Å². The summed E-state index contributed by atoms with van der Waals surface area (Å²) in [4.78, 5) is 0. The van der Waals surface area contributed by atoms with Crippen LogP contribution in [-0.2, 0) is 0 Å². The van der Waals surface area contributed by atoms with Crippen LogP contribution in [0.5, 0.6) is 5.75 Å². The van der Waals surface area contributed by atoms with Crippen LogP contribution in [0, 0.1) is 5.92 Å². The van der Waals surface area contributed by atoms with E-state index in [4.69, 9.17) is 10.5 Å². The molecule has 1 aromatic rings. The molecule has 1 atom stereocenters. The Morgan fingerprint density at radius 2 is 2.00 bits per heavy atom. The smallest absolute Gasteiger partial charge is 0.123 e. The Balaban J connectivity index is 2.21. The van der Waals surface area contributed by atoms with Gasteiger partial charge >= 0.3 is 0 Å². The van der Waals surface area contributed by atoms with Gasteiger partial charge in [0.2, 0.25) is 0 Å². The van der Waals surface area contributed by atoms with Gasteiger partial charge in [0.15, 0.2) is 0 Å². The normalized spacial score (nSPS) is 19.0. The molecule has 94 valence electrons. The van der Waals surface area contributed by atoms with Gasteiger partial charge in [-0.25, -0.2) is 0 Å². The molecule has 2 N–H and O–H groups in total. The Hall–Kier alpha value is -0.540. The van der Waals surface area contributed by atoms with Gasteiger partial charge in [-0.05, 0) is 37.0 Å². The first-order valence-electron chi connectivity index (χ1n) is 6.31. The molecule has 1 fully saturated rings. The lowest BCUT2D eigenvalue weighted by molar-refractivity contribution is 0.301. The molecule has 1 aliphatic rings. The molecule has 3 heteroatoms. The predicted octanol–water partition coefficient (Wildman–Crippen LogP) is 4.04. The van der Waals surface area contributed by atoms with E-state index in [-0.39, 0.29) is 6.04 Å². The van der Waals surface area contributed by atoms with Gasteiger partial charge in [0, 0.05) is 16.1 Å². The summed E-state index contributed by atoms with van der Waals surface area (Å²) in [5.41, 5.74) is 7.55. The van der Waals surface area contributed by atoms with Crippen molar-refractivity contribution in [1.29, 1.82) is 0 Å². The zero-order valence-corrected chi connectivity index (χ0v) is 11.9. The van der Waals surface area contributed by atoms with E-state index in [1.807, 2.05) is 12.1 Å². The molecule has 0 heterocycles. The fourth-order valence-electron chi connectivity index (χ4n) is 2.71. The van der Waals surface area contributed by atoms with Crippen molar-refractivity contribution in [3.05, 3.63) is 28.2 Å². The van der Waals surface area contributed by atoms with Crippen molar-refractivity contribution in [2.24, 2.45) is 11.7 Å². The number of ether oxygens (including phenoxy) is 1. The fourth-order valence-corrected chi connectivity index (χ4v) is 3.09. The number of nitrogens with two attached hydrogens (primary N) is 1. The van der Waals surface area contributed by atoms with Crippen LogP contribution in [0.1, 0.15) is 43.7 Å². The molecule has 0 aromatic heterocycles. The first-order chi connectivity index (χ1) is 8.22. The number of benzene rings is 1. The van der Waals surface area contributed by atoms with Gasteiger partial charge in [-0.1, -0.05) is 35.2 Å². The molecular formula is C14H20BrNO. The van der Waals surface area contributed by atoms with E-state index in [1.165, 1.54) is 32.1 Å². The molecule has 2 rings (SSSR count). The SMILES string of the molecule is COc1ccc(Br)cc1C(N)C1CCCCC1. The van der Waals surface area contributed by atoms with Gasteiger partial charge in [-0.2, -0.15) is 0 Å². The minimum atomic E-state index is 0.0998. The molecule has 17 heavy (non-hydrogen) atoms. The van der Waals surface area contributed by atoms with Crippen LogP contribution in [0.25, 0.3) is 0 Å². The highest BCUT2D eigenvalue weighted by Gasteiger charge is 2.24.